The van der Waals surface area contributed by atoms with E-state index in [-0.39, 0.29) is 17.1 Å². The van der Waals surface area contributed by atoms with Crippen molar-refractivity contribution in [2.24, 2.45) is 5.73 Å². The monoisotopic (exact) mass is 359 g/mol. The number of primary amides is 1. The van der Waals surface area contributed by atoms with Gasteiger partial charge >= 0.3 is 0 Å². The zero-order valence-electron chi connectivity index (χ0n) is 10.0. The first kappa shape index (κ1) is 14.5. The van der Waals surface area contributed by atoms with Gasteiger partial charge < -0.3 is 5.73 Å². The Morgan fingerprint density at radius 1 is 1.40 bits per heavy atom. The second-order valence-electron chi connectivity index (χ2n) is 3.84. The van der Waals surface area contributed by atoms with Crippen molar-refractivity contribution < 1.29 is 13.2 Å². The van der Waals surface area contributed by atoms with Gasteiger partial charge in [0.25, 0.3) is 10.0 Å². The van der Waals surface area contributed by atoms with Crippen LogP contribution in [0.15, 0.2) is 40.2 Å². The highest BCUT2D eigenvalue weighted by Crippen LogP contribution is 2.17. The highest BCUT2D eigenvalue weighted by molar-refractivity contribution is 9.10. The fourth-order valence-electron chi connectivity index (χ4n) is 1.42. The average molecular weight is 360 g/mol. The lowest BCUT2D eigenvalue weighted by molar-refractivity contribution is -0.118. The Kier molecular flexibility index (Phi) is 4.04. The zero-order valence-corrected chi connectivity index (χ0v) is 12.4. The highest BCUT2D eigenvalue weighted by atomic mass is 79.9. The van der Waals surface area contributed by atoms with Crippen molar-refractivity contribution >= 4 is 37.5 Å². The third-order valence-electron chi connectivity index (χ3n) is 2.19. The largest absolute Gasteiger partial charge is 0.368 e. The first-order chi connectivity index (χ1) is 9.37. The van der Waals surface area contributed by atoms with Crippen LogP contribution in [0.5, 0.6) is 0 Å². The molecule has 1 amide bonds. The van der Waals surface area contributed by atoms with Gasteiger partial charge in [-0.2, -0.15) is 5.10 Å². The molecule has 8 nitrogen and oxygen atoms in total. The average Bonchev–Trinajstić information content (AvgIpc) is 2.74. The smallest absolute Gasteiger partial charge is 0.263 e. The van der Waals surface area contributed by atoms with Crippen LogP contribution in [-0.4, -0.2) is 29.1 Å². The fourth-order valence-corrected chi connectivity index (χ4v) is 2.95. The van der Waals surface area contributed by atoms with Crippen molar-refractivity contribution in [2.45, 2.75) is 11.4 Å². The summed E-state index contributed by atoms with van der Waals surface area (Å²) in [6.45, 7) is -0.125. The summed E-state index contributed by atoms with van der Waals surface area (Å²) in [5.41, 5.74) is 5.24. The van der Waals surface area contributed by atoms with Crippen LogP contribution in [-0.2, 0) is 21.4 Å². The van der Waals surface area contributed by atoms with E-state index in [0.29, 0.717) is 4.47 Å². The van der Waals surface area contributed by atoms with Crippen molar-refractivity contribution in [3.63, 3.8) is 0 Å². The minimum atomic E-state index is -3.76. The maximum atomic E-state index is 12.1. The molecule has 0 aliphatic heterocycles. The van der Waals surface area contributed by atoms with Gasteiger partial charge in [-0.15, -0.1) is 0 Å². The topological polar surface area (TPSA) is 120 Å². The normalized spacial score (nSPS) is 11.2. The Labute approximate surface area is 123 Å². The van der Waals surface area contributed by atoms with E-state index in [9.17, 15) is 13.2 Å². The summed E-state index contributed by atoms with van der Waals surface area (Å²) in [6, 6.07) is 1.42. The Morgan fingerprint density at radius 3 is 2.80 bits per heavy atom. The number of pyridine rings is 1. The van der Waals surface area contributed by atoms with Gasteiger partial charge in [-0.25, -0.2) is 8.42 Å². The molecule has 0 radical (unpaired) electrons. The molecule has 106 valence electrons. The number of carbonyl (C=O) groups is 1. The predicted octanol–water partition coefficient (Wildman–Crippen LogP) is 0.327. The van der Waals surface area contributed by atoms with Crippen LogP contribution >= 0.6 is 15.9 Å². The third-order valence-corrected chi connectivity index (χ3v) is 3.98. The number of halogens is 1. The lowest BCUT2D eigenvalue weighted by atomic mass is 10.5. The molecule has 2 heterocycles. The van der Waals surface area contributed by atoms with Crippen LogP contribution < -0.4 is 10.5 Å². The summed E-state index contributed by atoms with van der Waals surface area (Å²) in [4.78, 5) is 14.5. The Bertz CT molecular complexity index is 743. The molecule has 3 N–H and O–H groups in total. The first-order valence-corrected chi connectivity index (χ1v) is 7.58. The van der Waals surface area contributed by atoms with Crippen LogP contribution in [0.4, 0.5) is 5.69 Å². The number of hydrogen-bond acceptors (Lipinski definition) is 5. The van der Waals surface area contributed by atoms with E-state index < -0.39 is 15.9 Å². The third kappa shape index (κ3) is 3.54. The van der Waals surface area contributed by atoms with E-state index in [1.807, 2.05) is 0 Å². The SMILES string of the molecule is NC(=O)Cn1cc(NS(=O)(=O)c2cncc(Br)c2)cn1. The summed E-state index contributed by atoms with van der Waals surface area (Å²) >= 11 is 3.15. The van der Waals surface area contributed by atoms with Gasteiger partial charge in [0.1, 0.15) is 11.4 Å². The van der Waals surface area contributed by atoms with Crippen LogP contribution in [0.25, 0.3) is 0 Å². The number of amides is 1. The summed E-state index contributed by atoms with van der Waals surface area (Å²) in [5.74, 6) is -0.571. The molecule has 10 heteroatoms. The lowest BCUT2D eigenvalue weighted by Gasteiger charge is -2.05. The zero-order chi connectivity index (χ0) is 14.8. The molecule has 0 unspecified atom stereocenters. The van der Waals surface area contributed by atoms with Crippen LogP contribution in [0.1, 0.15) is 0 Å². The van der Waals surface area contributed by atoms with E-state index in [4.69, 9.17) is 5.73 Å². The van der Waals surface area contributed by atoms with E-state index in [2.05, 4.69) is 30.7 Å². The van der Waals surface area contributed by atoms with E-state index in [1.165, 1.54) is 35.5 Å². The van der Waals surface area contributed by atoms with Gasteiger partial charge in [-0.3, -0.25) is 19.2 Å². The number of nitrogens with one attached hydrogen (secondary N) is 1. The Morgan fingerprint density at radius 2 is 2.15 bits per heavy atom. The van der Waals surface area contributed by atoms with Crippen LogP contribution in [0.3, 0.4) is 0 Å². The van der Waals surface area contributed by atoms with Gasteiger partial charge in [0.2, 0.25) is 5.91 Å². The number of anilines is 1. The quantitative estimate of drug-likeness (QED) is 0.796. The van der Waals surface area contributed by atoms with Crippen molar-refractivity contribution in [3.05, 3.63) is 35.3 Å². The molecule has 0 fully saturated rings. The summed E-state index contributed by atoms with van der Waals surface area (Å²) in [7, 11) is -3.76. The minimum absolute atomic E-state index is 0.00882. The standard InChI is InChI=1S/C10H10BrN5O3S/c11-7-1-9(4-13-2-7)20(18,19)15-8-3-14-16(5-8)6-10(12)17/h1-5,15H,6H2,(H2,12,17). The number of nitrogens with zero attached hydrogens (tertiary/aromatic N) is 3. The molecule has 2 aromatic rings. The lowest BCUT2D eigenvalue weighted by Crippen LogP contribution is -2.18. The molecule has 20 heavy (non-hydrogen) atoms. The Hall–Kier alpha value is -1.94. The van der Waals surface area contributed by atoms with Crippen LogP contribution in [0.2, 0.25) is 0 Å². The van der Waals surface area contributed by atoms with Gasteiger partial charge in [0.15, 0.2) is 0 Å². The first-order valence-electron chi connectivity index (χ1n) is 5.31. The minimum Gasteiger partial charge on any atom is -0.368 e. The molecule has 0 aliphatic rings. The van der Waals surface area contributed by atoms with Gasteiger partial charge in [0.05, 0.1) is 11.9 Å². The highest BCUT2D eigenvalue weighted by Gasteiger charge is 2.16. The van der Waals surface area contributed by atoms with Gasteiger partial charge in [-0.1, -0.05) is 0 Å². The summed E-state index contributed by atoms with van der Waals surface area (Å²) < 4.78 is 28.3. The van der Waals surface area contributed by atoms with Gasteiger partial charge in [0, 0.05) is 23.1 Å². The molecule has 0 aromatic carbocycles. The Balaban J connectivity index is 2.20. The second kappa shape index (κ2) is 5.59. The maximum Gasteiger partial charge on any atom is 0.263 e. The molecule has 2 rings (SSSR count). The maximum absolute atomic E-state index is 12.1. The molecular formula is C10H10BrN5O3S. The number of sulfonamides is 1. The fraction of sp³-hybridized carbons (Fsp3) is 0.100. The van der Waals surface area contributed by atoms with Crippen molar-refractivity contribution in [1.82, 2.24) is 14.8 Å². The number of hydrogen-bond donors (Lipinski definition) is 2. The number of rotatable bonds is 5. The molecular weight excluding hydrogens is 350 g/mol. The predicted molar refractivity (Wildman–Crippen MR) is 74.2 cm³/mol. The molecule has 0 bridgehead atoms. The van der Waals surface area contributed by atoms with Crippen molar-refractivity contribution in [2.75, 3.05) is 4.72 Å². The summed E-state index contributed by atoms with van der Waals surface area (Å²) in [6.07, 6.45) is 5.35. The molecule has 0 saturated carbocycles. The number of aromatic nitrogens is 3. The number of nitrogens with two attached hydrogens (primary N) is 1. The molecule has 0 atom stereocenters. The van der Waals surface area contributed by atoms with E-state index >= 15 is 0 Å². The molecule has 0 aliphatic carbocycles. The van der Waals surface area contributed by atoms with Gasteiger partial charge in [-0.05, 0) is 22.0 Å². The molecule has 0 spiro atoms. The number of carbonyl (C=O) groups excluding carboxylic acids is 1. The van der Waals surface area contributed by atoms with Crippen molar-refractivity contribution in [3.8, 4) is 0 Å². The van der Waals surface area contributed by atoms with E-state index in [0.717, 1.165) is 0 Å². The van der Waals surface area contributed by atoms with Crippen molar-refractivity contribution in [1.29, 1.82) is 0 Å². The van der Waals surface area contributed by atoms with E-state index in [1.54, 1.807) is 0 Å². The summed E-state index contributed by atoms with van der Waals surface area (Å²) in [5, 5.41) is 3.82. The second-order valence-corrected chi connectivity index (χ2v) is 6.44. The molecule has 0 saturated heterocycles. The molecule has 2 aromatic heterocycles. The van der Waals surface area contributed by atoms with Crippen LogP contribution in [0, 0.1) is 0 Å².